The van der Waals surface area contributed by atoms with Gasteiger partial charge < -0.3 is 5.32 Å². The van der Waals surface area contributed by atoms with Crippen molar-refractivity contribution < 1.29 is 0 Å². The smallest absolute Gasteiger partial charge is 0.0869 e. The molecule has 18 heavy (non-hydrogen) atoms. The predicted octanol–water partition coefficient (Wildman–Crippen LogP) is 3.89. The quantitative estimate of drug-likeness (QED) is 0.928. The van der Waals surface area contributed by atoms with Crippen molar-refractivity contribution in [2.45, 2.75) is 26.4 Å². The fourth-order valence-corrected chi connectivity index (χ4v) is 3.61. The predicted molar refractivity (Wildman–Crippen MR) is 77.9 cm³/mol. The Morgan fingerprint density at radius 2 is 2.22 bits per heavy atom. The highest BCUT2D eigenvalue weighted by molar-refractivity contribution is 7.10. The van der Waals surface area contributed by atoms with Crippen LogP contribution in [0.3, 0.4) is 0 Å². The topological polar surface area (TPSA) is 29.9 Å². The van der Waals surface area contributed by atoms with E-state index in [0.29, 0.717) is 5.02 Å². The summed E-state index contributed by atoms with van der Waals surface area (Å²) in [4.78, 5) is 1.08. The van der Waals surface area contributed by atoms with Crippen molar-refractivity contribution in [2.24, 2.45) is 0 Å². The molecular weight excluding hydrogens is 289 g/mol. The van der Waals surface area contributed by atoms with E-state index in [1.54, 1.807) is 17.5 Å². The molecule has 0 amide bonds. The highest BCUT2D eigenvalue weighted by Gasteiger charge is 2.24. The number of aromatic nitrogens is 2. The average Bonchev–Trinajstić information content (AvgIpc) is 2.89. The van der Waals surface area contributed by atoms with Crippen molar-refractivity contribution in [3.63, 3.8) is 0 Å². The van der Waals surface area contributed by atoms with Gasteiger partial charge in [-0.3, -0.25) is 4.68 Å². The first-order chi connectivity index (χ1) is 8.60. The highest BCUT2D eigenvalue weighted by Crippen LogP contribution is 2.37. The first kappa shape index (κ1) is 13.9. The van der Waals surface area contributed by atoms with Crippen LogP contribution in [0.25, 0.3) is 0 Å². The van der Waals surface area contributed by atoms with E-state index in [-0.39, 0.29) is 6.04 Å². The summed E-state index contributed by atoms with van der Waals surface area (Å²) in [5.74, 6) is 0. The largest absolute Gasteiger partial charge is 0.307 e. The number of thiophene rings is 1. The molecule has 2 rings (SSSR count). The Morgan fingerprint density at radius 3 is 2.72 bits per heavy atom. The fraction of sp³-hybridized carbons (Fsp3) is 0.417. The van der Waals surface area contributed by atoms with Gasteiger partial charge in [0.15, 0.2) is 0 Å². The van der Waals surface area contributed by atoms with Gasteiger partial charge in [-0.15, -0.1) is 11.3 Å². The Hall–Kier alpha value is -0.550. The molecule has 1 atom stereocenters. The lowest BCUT2D eigenvalue weighted by atomic mass is 10.1. The van der Waals surface area contributed by atoms with Gasteiger partial charge in [0.05, 0.1) is 28.0 Å². The van der Waals surface area contributed by atoms with Crippen LogP contribution in [0.2, 0.25) is 10.0 Å². The van der Waals surface area contributed by atoms with Crippen molar-refractivity contribution in [1.82, 2.24) is 15.1 Å². The van der Waals surface area contributed by atoms with Gasteiger partial charge in [-0.2, -0.15) is 5.10 Å². The zero-order valence-corrected chi connectivity index (χ0v) is 12.8. The number of nitrogens with zero attached hydrogens (tertiary/aromatic N) is 2. The molecule has 0 aliphatic rings. The first-order valence-corrected chi connectivity index (χ1v) is 7.35. The van der Waals surface area contributed by atoms with E-state index in [1.165, 1.54) is 0 Å². The lowest BCUT2D eigenvalue weighted by Crippen LogP contribution is -2.21. The maximum Gasteiger partial charge on any atom is 0.0869 e. The molecular formula is C12H15Cl2N3S. The molecule has 1 unspecified atom stereocenters. The van der Waals surface area contributed by atoms with Gasteiger partial charge in [0, 0.05) is 11.4 Å². The molecule has 0 aliphatic carbocycles. The van der Waals surface area contributed by atoms with Crippen LogP contribution in [0.1, 0.15) is 29.1 Å². The summed E-state index contributed by atoms with van der Waals surface area (Å²) in [6.07, 6.45) is 1.68. The monoisotopic (exact) mass is 303 g/mol. The lowest BCUT2D eigenvalue weighted by molar-refractivity contribution is 0.568. The van der Waals surface area contributed by atoms with Gasteiger partial charge in [0.2, 0.25) is 0 Å². The van der Waals surface area contributed by atoms with Gasteiger partial charge in [-0.05, 0) is 31.8 Å². The average molecular weight is 304 g/mol. The summed E-state index contributed by atoms with van der Waals surface area (Å²) in [5.41, 5.74) is 2.06. The number of hydrogen-bond donors (Lipinski definition) is 1. The number of hydrogen-bond acceptors (Lipinski definition) is 3. The van der Waals surface area contributed by atoms with Crippen LogP contribution in [-0.2, 0) is 6.54 Å². The van der Waals surface area contributed by atoms with Crippen molar-refractivity contribution >= 4 is 34.5 Å². The lowest BCUT2D eigenvalue weighted by Gasteiger charge is -2.17. The van der Waals surface area contributed by atoms with Gasteiger partial charge in [-0.25, -0.2) is 0 Å². The van der Waals surface area contributed by atoms with E-state index in [9.17, 15) is 0 Å². The zero-order valence-electron chi connectivity index (χ0n) is 10.5. The van der Waals surface area contributed by atoms with Crippen LogP contribution < -0.4 is 5.32 Å². The molecule has 0 bridgehead atoms. The van der Waals surface area contributed by atoms with Crippen molar-refractivity contribution in [3.8, 4) is 0 Å². The zero-order chi connectivity index (χ0) is 13.3. The number of halogens is 2. The van der Waals surface area contributed by atoms with E-state index in [1.807, 2.05) is 25.6 Å². The molecule has 0 fully saturated rings. The Bertz CT molecular complexity index is 548. The van der Waals surface area contributed by atoms with E-state index < -0.39 is 0 Å². The van der Waals surface area contributed by atoms with E-state index >= 15 is 0 Å². The summed E-state index contributed by atoms with van der Waals surface area (Å²) >= 11 is 14.2. The second-order valence-electron chi connectivity index (χ2n) is 4.01. The normalized spacial score (nSPS) is 12.9. The maximum atomic E-state index is 6.34. The molecule has 0 radical (unpaired) electrons. The molecule has 3 nitrogen and oxygen atoms in total. The minimum absolute atomic E-state index is 0.0221. The molecule has 0 spiro atoms. The molecule has 0 saturated carbocycles. The second kappa shape index (κ2) is 5.61. The third-order valence-corrected chi connectivity index (χ3v) is 4.95. The number of nitrogens with one attached hydrogen (secondary N) is 1. The van der Waals surface area contributed by atoms with Crippen LogP contribution in [0.15, 0.2) is 11.6 Å². The fourth-order valence-electron chi connectivity index (χ4n) is 1.95. The summed E-state index contributed by atoms with van der Waals surface area (Å²) in [6, 6.07) is -0.0221. The van der Waals surface area contributed by atoms with E-state index in [2.05, 4.69) is 15.8 Å². The van der Waals surface area contributed by atoms with Crippen LogP contribution in [0.5, 0.6) is 0 Å². The van der Waals surface area contributed by atoms with Crippen molar-refractivity contribution in [2.75, 3.05) is 7.05 Å². The maximum absolute atomic E-state index is 6.34. The van der Waals surface area contributed by atoms with Crippen molar-refractivity contribution in [1.29, 1.82) is 0 Å². The Morgan fingerprint density at radius 1 is 1.50 bits per heavy atom. The second-order valence-corrected chi connectivity index (χ2v) is 5.71. The summed E-state index contributed by atoms with van der Waals surface area (Å²) in [5, 5.41) is 11.1. The van der Waals surface area contributed by atoms with Gasteiger partial charge in [-0.1, -0.05) is 23.2 Å². The minimum Gasteiger partial charge on any atom is -0.307 e. The standard InChI is InChI=1S/C12H15Cl2N3S/c1-4-17-11(8(13)5-16-17)10(15-3)12-9(14)7(2)6-18-12/h5-6,10,15H,4H2,1-3H3. The Kier molecular flexibility index (Phi) is 4.33. The third-order valence-electron chi connectivity index (χ3n) is 2.88. The highest BCUT2D eigenvalue weighted by atomic mass is 35.5. The molecule has 1 N–H and O–H groups in total. The SMILES string of the molecule is CCn1ncc(Cl)c1C(NC)c1scc(C)c1Cl. The van der Waals surface area contributed by atoms with Crippen molar-refractivity contribution in [3.05, 3.63) is 37.8 Å². The molecule has 2 aromatic rings. The molecule has 2 aromatic heterocycles. The Labute approximate surface area is 121 Å². The summed E-state index contributed by atoms with van der Waals surface area (Å²) in [6.45, 7) is 4.83. The van der Waals surface area contributed by atoms with Gasteiger partial charge in [0.25, 0.3) is 0 Å². The summed E-state index contributed by atoms with van der Waals surface area (Å²) in [7, 11) is 1.90. The molecule has 0 aromatic carbocycles. The van der Waals surface area contributed by atoms with Crippen LogP contribution in [0, 0.1) is 6.92 Å². The molecule has 0 saturated heterocycles. The summed E-state index contributed by atoms with van der Waals surface area (Å²) < 4.78 is 1.90. The molecule has 98 valence electrons. The van der Waals surface area contributed by atoms with Gasteiger partial charge in [0.1, 0.15) is 0 Å². The number of aryl methyl sites for hydroxylation is 2. The number of rotatable bonds is 4. The minimum atomic E-state index is -0.0221. The Balaban J connectivity index is 2.51. The molecule has 6 heteroatoms. The molecule has 2 heterocycles. The van der Waals surface area contributed by atoms with Crippen LogP contribution in [-0.4, -0.2) is 16.8 Å². The van der Waals surface area contributed by atoms with E-state index in [4.69, 9.17) is 23.2 Å². The first-order valence-electron chi connectivity index (χ1n) is 5.72. The van der Waals surface area contributed by atoms with Crippen LogP contribution >= 0.6 is 34.5 Å². The third kappa shape index (κ3) is 2.30. The van der Waals surface area contributed by atoms with Crippen LogP contribution in [0.4, 0.5) is 0 Å². The molecule has 0 aliphatic heterocycles. The van der Waals surface area contributed by atoms with Gasteiger partial charge >= 0.3 is 0 Å². The van der Waals surface area contributed by atoms with E-state index in [0.717, 1.165) is 27.7 Å².